The Balaban J connectivity index is 2.33. The Kier molecular flexibility index (Phi) is 2.94. The summed E-state index contributed by atoms with van der Waals surface area (Å²) >= 11 is 5.97. The average molecular weight is 212 g/mol. The molecule has 0 radical (unpaired) electrons. The minimum atomic E-state index is 0.406. The molecule has 1 saturated heterocycles. The van der Waals surface area contributed by atoms with E-state index < -0.39 is 0 Å². The number of rotatable bonds is 2. The molecule has 3 heteroatoms. The summed E-state index contributed by atoms with van der Waals surface area (Å²) in [5, 5.41) is 4.21. The zero-order valence-electron chi connectivity index (χ0n) is 8.22. The fraction of sp³-hybridized carbons (Fsp3) is 0.455. The van der Waals surface area contributed by atoms with Crippen molar-refractivity contribution in [2.24, 2.45) is 0 Å². The fourth-order valence-corrected chi connectivity index (χ4v) is 2.11. The Bertz CT molecular complexity index is 321. The topological polar surface area (TPSA) is 21.3 Å². The molecule has 1 aromatic carbocycles. The van der Waals surface area contributed by atoms with Gasteiger partial charge < -0.3 is 10.1 Å². The molecule has 1 aromatic rings. The van der Waals surface area contributed by atoms with Crippen molar-refractivity contribution in [3.05, 3.63) is 28.8 Å². The van der Waals surface area contributed by atoms with Crippen molar-refractivity contribution in [3.63, 3.8) is 0 Å². The van der Waals surface area contributed by atoms with E-state index in [-0.39, 0.29) is 0 Å². The van der Waals surface area contributed by atoms with Gasteiger partial charge in [0.1, 0.15) is 5.75 Å². The van der Waals surface area contributed by atoms with Gasteiger partial charge in [0.2, 0.25) is 0 Å². The number of methoxy groups -OCH3 is 1. The first kappa shape index (κ1) is 9.81. The van der Waals surface area contributed by atoms with Crippen molar-refractivity contribution < 1.29 is 4.74 Å². The van der Waals surface area contributed by atoms with E-state index in [1.807, 2.05) is 18.2 Å². The summed E-state index contributed by atoms with van der Waals surface area (Å²) in [6, 6.07) is 6.18. The zero-order valence-corrected chi connectivity index (χ0v) is 8.97. The molecule has 0 aromatic heterocycles. The number of hydrogen-bond acceptors (Lipinski definition) is 2. The standard InChI is InChI=1S/C11H14ClNO/c1-14-11-5-4-8(12)7-9(11)10-3-2-6-13-10/h4-5,7,10,13H,2-3,6H2,1H3/t10-/m0/s1. The zero-order chi connectivity index (χ0) is 9.97. The number of ether oxygens (including phenoxy) is 1. The maximum atomic E-state index is 5.97. The smallest absolute Gasteiger partial charge is 0.123 e. The quantitative estimate of drug-likeness (QED) is 0.813. The molecule has 14 heavy (non-hydrogen) atoms. The number of hydrogen-bond donors (Lipinski definition) is 1. The third-order valence-corrected chi connectivity index (χ3v) is 2.86. The predicted molar refractivity (Wildman–Crippen MR) is 58.0 cm³/mol. The molecule has 0 aliphatic carbocycles. The van der Waals surface area contributed by atoms with Crippen molar-refractivity contribution in [2.45, 2.75) is 18.9 Å². The highest BCUT2D eigenvalue weighted by atomic mass is 35.5. The lowest BCUT2D eigenvalue weighted by Gasteiger charge is -2.15. The molecule has 0 saturated carbocycles. The minimum Gasteiger partial charge on any atom is -0.496 e. The van der Waals surface area contributed by atoms with Crippen LogP contribution in [0.2, 0.25) is 5.02 Å². The Morgan fingerprint density at radius 1 is 1.50 bits per heavy atom. The third-order valence-electron chi connectivity index (χ3n) is 2.63. The predicted octanol–water partition coefficient (Wildman–Crippen LogP) is 2.77. The maximum absolute atomic E-state index is 5.97. The van der Waals surface area contributed by atoms with E-state index in [1.54, 1.807) is 7.11 Å². The Labute approximate surface area is 89.2 Å². The van der Waals surface area contributed by atoms with Crippen LogP contribution >= 0.6 is 11.6 Å². The minimum absolute atomic E-state index is 0.406. The van der Waals surface area contributed by atoms with Crippen LogP contribution in [0.1, 0.15) is 24.4 Å². The first-order chi connectivity index (χ1) is 6.81. The first-order valence-corrected chi connectivity index (χ1v) is 5.26. The molecule has 2 nitrogen and oxygen atoms in total. The van der Waals surface area contributed by atoms with Crippen molar-refractivity contribution >= 4 is 11.6 Å². The van der Waals surface area contributed by atoms with E-state index >= 15 is 0 Å². The van der Waals surface area contributed by atoms with Crippen molar-refractivity contribution in [1.29, 1.82) is 0 Å². The van der Waals surface area contributed by atoms with Gasteiger partial charge in [0.15, 0.2) is 0 Å². The van der Waals surface area contributed by atoms with Gasteiger partial charge in [-0.25, -0.2) is 0 Å². The van der Waals surface area contributed by atoms with Gasteiger partial charge in [-0.2, -0.15) is 0 Å². The Morgan fingerprint density at radius 3 is 3.00 bits per heavy atom. The summed E-state index contributed by atoms with van der Waals surface area (Å²) in [7, 11) is 1.70. The van der Waals surface area contributed by atoms with Gasteiger partial charge in [-0.3, -0.25) is 0 Å². The highest BCUT2D eigenvalue weighted by molar-refractivity contribution is 6.30. The second-order valence-corrected chi connectivity index (χ2v) is 3.97. The van der Waals surface area contributed by atoms with Crippen LogP contribution in [0.15, 0.2) is 18.2 Å². The van der Waals surface area contributed by atoms with E-state index in [0.717, 1.165) is 23.7 Å². The lowest BCUT2D eigenvalue weighted by atomic mass is 10.0. The normalized spacial score (nSPS) is 21.1. The summed E-state index contributed by atoms with van der Waals surface area (Å²) in [6.07, 6.45) is 2.39. The van der Waals surface area contributed by atoms with Crippen LogP contribution in [0.4, 0.5) is 0 Å². The van der Waals surface area contributed by atoms with Gasteiger partial charge >= 0.3 is 0 Å². The number of nitrogens with one attached hydrogen (secondary N) is 1. The number of halogens is 1. The van der Waals surface area contributed by atoms with E-state index in [0.29, 0.717) is 6.04 Å². The van der Waals surface area contributed by atoms with Crippen LogP contribution in [-0.2, 0) is 0 Å². The van der Waals surface area contributed by atoms with Gasteiger partial charge in [0, 0.05) is 16.6 Å². The van der Waals surface area contributed by atoms with Crippen molar-refractivity contribution in [3.8, 4) is 5.75 Å². The summed E-state index contributed by atoms with van der Waals surface area (Å²) < 4.78 is 5.31. The lowest BCUT2D eigenvalue weighted by Crippen LogP contribution is -2.13. The van der Waals surface area contributed by atoms with Crippen molar-refractivity contribution in [2.75, 3.05) is 13.7 Å². The van der Waals surface area contributed by atoms with E-state index in [2.05, 4.69) is 5.32 Å². The molecule has 1 aliphatic heterocycles. The second-order valence-electron chi connectivity index (χ2n) is 3.54. The van der Waals surface area contributed by atoms with Crippen molar-refractivity contribution in [1.82, 2.24) is 5.32 Å². The molecule has 1 heterocycles. The van der Waals surface area contributed by atoms with E-state index in [1.165, 1.54) is 12.0 Å². The molecular weight excluding hydrogens is 198 g/mol. The number of benzene rings is 1. The van der Waals surface area contributed by atoms with E-state index in [9.17, 15) is 0 Å². The highest BCUT2D eigenvalue weighted by Crippen LogP contribution is 2.32. The lowest BCUT2D eigenvalue weighted by molar-refractivity contribution is 0.403. The SMILES string of the molecule is COc1ccc(Cl)cc1[C@@H]1CCCN1. The molecular formula is C11H14ClNO. The van der Waals surface area contributed by atoms with Gasteiger partial charge in [-0.15, -0.1) is 0 Å². The van der Waals surface area contributed by atoms with Crippen LogP contribution in [0.3, 0.4) is 0 Å². The van der Waals surface area contributed by atoms with E-state index in [4.69, 9.17) is 16.3 Å². The Hall–Kier alpha value is -0.730. The monoisotopic (exact) mass is 211 g/mol. The Morgan fingerprint density at radius 2 is 2.36 bits per heavy atom. The molecule has 2 rings (SSSR count). The van der Waals surface area contributed by atoms with Gasteiger partial charge in [-0.1, -0.05) is 11.6 Å². The molecule has 0 spiro atoms. The van der Waals surface area contributed by atoms with Crippen LogP contribution in [0, 0.1) is 0 Å². The van der Waals surface area contributed by atoms with Crippen LogP contribution < -0.4 is 10.1 Å². The molecule has 0 unspecified atom stereocenters. The molecule has 1 aliphatic rings. The molecule has 0 amide bonds. The van der Waals surface area contributed by atoms with Gasteiger partial charge in [0.05, 0.1) is 7.11 Å². The summed E-state index contributed by atoms with van der Waals surface area (Å²) in [6.45, 7) is 1.08. The first-order valence-electron chi connectivity index (χ1n) is 4.88. The van der Waals surface area contributed by atoms with Crippen LogP contribution in [-0.4, -0.2) is 13.7 Å². The highest BCUT2D eigenvalue weighted by Gasteiger charge is 2.19. The largest absolute Gasteiger partial charge is 0.496 e. The van der Waals surface area contributed by atoms with Crippen LogP contribution in [0.25, 0.3) is 0 Å². The summed E-state index contributed by atoms with van der Waals surface area (Å²) in [5.41, 5.74) is 1.18. The van der Waals surface area contributed by atoms with Gasteiger partial charge in [0.25, 0.3) is 0 Å². The molecule has 1 fully saturated rings. The maximum Gasteiger partial charge on any atom is 0.123 e. The molecule has 76 valence electrons. The summed E-state index contributed by atoms with van der Waals surface area (Å²) in [4.78, 5) is 0. The van der Waals surface area contributed by atoms with Crippen LogP contribution in [0.5, 0.6) is 5.75 Å². The third kappa shape index (κ3) is 1.86. The van der Waals surface area contributed by atoms with Gasteiger partial charge in [-0.05, 0) is 37.6 Å². The molecule has 0 bridgehead atoms. The second kappa shape index (κ2) is 4.20. The molecule has 1 atom stereocenters. The molecule has 1 N–H and O–H groups in total. The summed E-state index contributed by atoms with van der Waals surface area (Å²) in [5.74, 6) is 0.925. The fourth-order valence-electron chi connectivity index (χ4n) is 1.93. The average Bonchev–Trinajstić information content (AvgIpc) is 2.70.